The Kier molecular flexibility index (Phi) is 4.21. The largest absolute Gasteiger partial charge is 0.308 e. The van der Waals surface area contributed by atoms with Gasteiger partial charge in [-0.1, -0.05) is 0 Å². The van der Waals surface area contributed by atoms with E-state index in [2.05, 4.69) is 36.0 Å². The normalized spacial score (nSPS) is 11.2. The van der Waals surface area contributed by atoms with Gasteiger partial charge in [0.25, 0.3) is 10.0 Å². The molecule has 0 atom stereocenters. The number of hydrazine groups is 1. The number of nitrogens with two attached hydrogens (primary N) is 1. The molecule has 0 aliphatic rings. The fraction of sp³-hybridized carbons (Fsp3) is 0.0909. The molecule has 2 aromatic rings. The van der Waals surface area contributed by atoms with Crippen LogP contribution in [0.2, 0.25) is 0 Å². The maximum Gasteiger partial charge on any atom is 0.263 e. The summed E-state index contributed by atoms with van der Waals surface area (Å²) in [4.78, 5) is 7.94. The summed E-state index contributed by atoms with van der Waals surface area (Å²) < 4.78 is 27.7. The van der Waals surface area contributed by atoms with Crippen molar-refractivity contribution in [2.75, 3.05) is 10.1 Å². The standard InChI is InChI=1S/C11H12BrN5O2S/c1-7-4-8(12)6-15-11(7)17-20(18,19)9-2-3-14-10(5-9)16-13/h2-6H,13H2,1H3,(H,14,16)(H,15,17). The second-order valence-electron chi connectivity index (χ2n) is 3.95. The van der Waals surface area contributed by atoms with Gasteiger partial charge in [-0.15, -0.1) is 0 Å². The third-order valence-electron chi connectivity index (χ3n) is 2.47. The number of hydrogen-bond donors (Lipinski definition) is 3. The summed E-state index contributed by atoms with van der Waals surface area (Å²) >= 11 is 3.27. The molecule has 0 radical (unpaired) electrons. The minimum atomic E-state index is -3.74. The molecule has 0 unspecified atom stereocenters. The predicted molar refractivity (Wildman–Crippen MR) is 79.5 cm³/mol. The van der Waals surface area contributed by atoms with Gasteiger partial charge in [-0.25, -0.2) is 24.2 Å². The second-order valence-corrected chi connectivity index (χ2v) is 6.54. The van der Waals surface area contributed by atoms with Gasteiger partial charge >= 0.3 is 0 Å². The van der Waals surface area contributed by atoms with E-state index in [9.17, 15) is 8.42 Å². The van der Waals surface area contributed by atoms with Crippen molar-refractivity contribution in [3.8, 4) is 0 Å². The van der Waals surface area contributed by atoms with Crippen molar-refractivity contribution < 1.29 is 8.42 Å². The number of pyridine rings is 2. The predicted octanol–water partition coefficient (Wildman–Crippen LogP) is 1.63. The number of sulfonamides is 1. The Bertz CT molecular complexity index is 735. The first kappa shape index (κ1) is 14.7. The average molecular weight is 358 g/mol. The van der Waals surface area contributed by atoms with Gasteiger partial charge in [0, 0.05) is 22.9 Å². The third kappa shape index (κ3) is 3.24. The molecule has 0 aliphatic carbocycles. The van der Waals surface area contributed by atoms with E-state index < -0.39 is 10.0 Å². The van der Waals surface area contributed by atoms with Crippen molar-refractivity contribution in [3.05, 3.63) is 40.6 Å². The Morgan fingerprint density at radius 3 is 2.70 bits per heavy atom. The molecular weight excluding hydrogens is 346 g/mol. The molecular formula is C11H12BrN5O2S. The summed E-state index contributed by atoms with van der Waals surface area (Å²) in [5.74, 6) is 5.74. The van der Waals surface area contributed by atoms with Crippen LogP contribution in [0.25, 0.3) is 0 Å². The zero-order chi connectivity index (χ0) is 14.8. The van der Waals surface area contributed by atoms with Crippen LogP contribution in [0.1, 0.15) is 5.56 Å². The second kappa shape index (κ2) is 5.73. The van der Waals surface area contributed by atoms with E-state index in [1.165, 1.54) is 24.5 Å². The molecule has 2 aromatic heterocycles. The molecule has 2 rings (SSSR count). The lowest BCUT2D eigenvalue weighted by Gasteiger charge is -2.10. The third-order valence-corrected chi connectivity index (χ3v) is 4.24. The van der Waals surface area contributed by atoms with Gasteiger partial charge in [0.05, 0.1) is 4.90 Å². The van der Waals surface area contributed by atoms with Gasteiger partial charge in [-0.05, 0) is 40.5 Å². The quantitative estimate of drug-likeness (QED) is 0.566. The van der Waals surface area contributed by atoms with Gasteiger partial charge in [0.1, 0.15) is 11.6 Å². The highest BCUT2D eigenvalue weighted by molar-refractivity contribution is 9.10. The Labute approximate surface area is 124 Å². The van der Waals surface area contributed by atoms with E-state index >= 15 is 0 Å². The summed E-state index contributed by atoms with van der Waals surface area (Å²) in [5, 5.41) is 0. The van der Waals surface area contributed by atoms with Gasteiger partial charge < -0.3 is 5.43 Å². The molecule has 4 N–H and O–H groups in total. The molecule has 0 bridgehead atoms. The summed E-state index contributed by atoms with van der Waals surface area (Å²) in [6, 6.07) is 4.47. The Hall–Kier alpha value is -1.71. The average Bonchev–Trinajstić information content (AvgIpc) is 2.42. The first-order valence-electron chi connectivity index (χ1n) is 5.50. The molecule has 0 spiro atoms. The van der Waals surface area contributed by atoms with Crippen LogP contribution in [0.5, 0.6) is 0 Å². The first-order valence-corrected chi connectivity index (χ1v) is 7.77. The van der Waals surface area contributed by atoms with Crippen LogP contribution >= 0.6 is 15.9 Å². The summed E-state index contributed by atoms with van der Waals surface area (Å²) in [6.45, 7) is 1.76. The number of halogens is 1. The molecule has 2 heterocycles. The zero-order valence-electron chi connectivity index (χ0n) is 10.5. The van der Waals surface area contributed by atoms with Crippen molar-refractivity contribution >= 4 is 37.6 Å². The van der Waals surface area contributed by atoms with Crippen molar-refractivity contribution in [3.63, 3.8) is 0 Å². The minimum absolute atomic E-state index is 0.0459. The molecule has 20 heavy (non-hydrogen) atoms. The highest BCUT2D eigenvalue weighted by Crippen LogP contribution is 2.21. The Morgan fingerprint density at radius 1 is 1.30 bits per heavy atom. The van der Waals surface area contributed by atoms with Crippen molar-refractivity contribution in [1.29, 1.82) is 0 Å². The van der Waals surface area contributed by atoms with Crippen LogP contribution in [0.3, 0.4) is 0 Å². The number of anilines is 2. The molecule has 0 fully saturated rings. The van der Waals surface area contributed by atoms with Gasteiger partial charge in [-0.2, -0.15) is 0 Å². The molecule has 0 aromatic carbocycles. The SMILES string of the molecule is Cc1cc(Br)cnc1NS(=O)(=O)c1ccnc(NN)c1. The van der Waals surface area contributed by atoms with Crippen LogP contribution < -0.4 is 16.0 Å². The van der Waals surface area contributed by atoms with Gasteiger partial charge in [0.15, 0.2) is 0 Å². The highest BCUT2D eigenvalue weighted by Gasteiger charge is 2.16. The topological polar surface area (TPSA) is 110 Å². The van der Waals surface area contributed by atoms with Crippen LogP contribution in [-0.4, -0.2) is 18.4 Å². The van der Waals surface area contributed by atoms with Crippen molar-refractivity contribution in [2.24, 2.45) is 5.84 Å². The minimum Gasteiger partial charge on any atom is -0.308 e. The van der Waals surface area contributed by atoms with Crippen LogP contribution in [-0.2, 0) is 10.0 Å². The number of nitrogens with zero attached hydrogens (tertiary/aromatic N) is 2. The maximum atomic E-state index is 12.2. The smallest absolute Gasteiger partial charge is 0.263 e. The fourth-order valence-electron chi connectivity index (χ4n) is 1.49. The van der Waals surface area contributed by atoms with E-state index in [4.69, 9.17) is 5.84 Å². The molecule has 0 saturated carbocycles. The Balaban J connectivity index is 2.35. The summed E-state index contributed by atoms with van der Waals surface area (Å²) in [5.41, 5.74) is 3.00. The van der Waals surface area contributed by atoms with Crippen LogP contribution in [0.15, 0.2) is 40.0 Å². The highest BCUT2D eigenvalue weighted by atomic mass is 79.9. The number of hydrogen-bond acceptors (Lipinski definition) is 6. The number of aryl methyl sites for hydroxylation is 1. The lowest BCUT2D eigenvalue weighted by molar-refractivity contribution is 0.601. The molecule has 0 amide bonds. The van der Waals surface area contributed by atoms with E-state index in [1.807, 2.05) is 0 Å². The lowest BCUT2D eigenvalue weighted by Crippen LogP contribution is -2.16. The van der Waals surface area contributed by atoms with Crippen molar-refractivity contribution in [2.45, 2.75) is 11.8 Å². The number of aromatic nitrogens is 2. The van der Waals surface area contributed by atoms with E-state index in [0.29, 0.717) is 5.56 Å². The molecule has 0 saturated heterocycles. The van der Waals surface area contributed by atoms with Crippen LogP contribution in [0, 0.1) is 6.92 Å². The Morgan fingerprint density at radius 2 is 2.05 bits per heavy atom. The molecule has 9 heteroatoms. The lowest BCUT2D eigenvalue weighted by atomic mass is 10.3. The van der Waals surface area contributed by atoms with E-state index in [-0.39, 0.29) is 16.5 Å². The molecule has 0 aliphatic heterocycles. The van der Waals surface area contributed by atoms with E-state index in [1.54, 1.807) is 13.0 Å². The number of nitrogen functional groups attached to an aromatic ring is 1. The van der Waals surface area contributed by atoms with Crippen molar-refractivity contribution in [1.82, 2.24) is 9.97 Å². The number of nitrogens with one attached hydrogen (secondary N) is 2. The zero-order valence-corrected chi connectivity index (χ0v) is 12.9. The van der Waals surface area contributed by atoms with Crippen LogP contribution in [0.4, 0.5) is 11.6 Å². The molecule has 7 nitrogen and oxygen atoms in total. The summed E-state index contributed by atoms with van der Waals surface area (Å²) in [7, 11) is -3.74. The van der Waals surface area contributed by atoms with Gasteiger partial charge in [-0.3, -0.25) is 4.72 Å². The number of rotatable bonds is 4. The van der Waals surface area contributed by atoms with Gasteiger partial charge in [0.2, 0.25) is 0 Å². The maximum absolute atomic E-state index is 12.2. The monoisotopic (exact) mass is 357 g/mol. The molecule has 106 valence electrons. The van der Waals surface area contributed by atoms with E-state index in [0.717, 1.165) is 4.47 Å². The first-order chi connectivity index (χ1) is 9.42. The fourth-order valence-corrected chi connectivity index (χ4v) is 3.03. The summed E-state index contributed by atoms with van der Waals surface area (Å²) in [6.07, 6.45) is 2.87.